The largest absolute Gasteiger partial charge is 0.490 e. The Morgan fingerprint density at radius 1 is 1.19 bits per heavy atom. The number of methoxy groups -OCH3 is 1. The van der Waals surface area contributed by atoms with Crippen LogP contribution in [-0.4, -0.2) is 50.9 Å². The first kappa shape index (κ1) is 23.7. The van der Waals surface area contributed by atoms with Crippen molar-refractivity contribution in [2.75, 3.05) is 19.0 Å². The molecule has 0 saturated heterocycles. The Kier molecular flexibility index (Phi) is 8.41. The molecule has 9 nitrogen and oxygen atoms in total. The van der Waals surface area contributed by atoms with Crippen molar-refractivity contribution in [3.05, 3.63) is 35.9 Å². The van der Waals surface area contributed by atoms with Crippen LogP contribution in [0.25, 0.3) is 11.2 Å². The Balaban J connectivity index is 0.000000423. The average molecular weight is 441 g/mol. The number of aliphatic carboxylic acids is 1. The molecule has 0 fully saturated rings. The standard InChI is InChI=1S/C17H21N5O2.C2HF3O2/c1-3-4-10-24-17-20-14(18-11-12-8-6-5-7-9-12)13-15(22-17)21-16(19-13)23-2;3-2(4,5)1(6)7/h5-9H,3-4,10-11H2,1-2H3,(H2,18,19,20,21,22);(H,6,7). The van der Waals surface area contributed by atoms with Crippen LogP contribution in [0.5, 0.6) is 12.0 Å². The number of fused-ring (bicyclic) bond motifs is 1. The maximum absolute atomic E-state index is 10.6. The summed E-state index contributed by atoms with van der Waals surface area (Å²) in [5, 5.41) is 10.4. The van der Waals surface area contributed by atoms with E-state index in [9.17, 15) is 13.2 Å². The molecule has 3 aromatic rings. The normalized spacial score (nSPS) is 10.9. The summed E-state index contributed by atoms with van der Waals surface area (Å²) in [5.74, 6) is -2.11. The molecule has 12 heteroatoms. The molecule has 2 heterocycles. The molecule has 0 radical (unpaired) electrons. The van der Waals surface area contributed by atoms with Gasteiger partial charge in [-0.2, -0.15) is 28.1 Å². The summed E-state index contributed by atoms with van der Waals surface area (Å²) >= 11 is 0. The minimum atomic E-state index is -5.08. The number of halogens is 3. The highest BCUT2D eigenvalue weighted by atomic mass is 19.4. The van der Waals surface area contributed by atoms with Crippen molar-refractivity contribution >= 4 is 23.0 Å². The molecule has 2 aromatic heterocycles. The fourth-order valence-corrected chi connectivity index (χ4v) is 2.23. The number of hydrogen-bond acceptors (Lipinski definition) is 7. The quantitative estimate of drug-likeness (QED) is 0.452. The van der Waals surface area contributed by atoms with Gasteiger partial charge in [-0.25, -0.2) is 4.79 Å². The maximum Gasteiger partial charge on any atom is 0.490 e. The number of aromatic amines is 1. The van der Waals surface area contributed by atoms with E-state index in [0.29, 0.717) is 42.2 Å². The molecule has 0 spiro atoms. The van der Waals surface area contributed by atoms with Gasteiger partial charge in [0, 0.05) is 6.54 Å². The summed E-state index contributed by atoms with van der Waals surface area (Å²) in [5.41, 5.74) is 2.37. The van der Waals surface area contributed by atoms with E-state index in [1.807, 2.05) is 18.2 Å². The Bertz CT molecular complexity index is 980. The number of benzene rings is 1. The first-order chi connectivity index (χ1) is 14.7. The number of nitrogens with one attached hydrogen (secondary N) is 2. The number of carbonyl (C=O) groups is 1. The smallest absolute Gasteiger partial charge is 0.475 e. The fraction of sp³-hybridized carbons (Fsp3) is 0.368. The number of aromatic nitrogens is 4. The molecule has 0 aliphatic heterocycles. The van der Waals surface area contributed by atoms with Crippen molar-refractivity contribution in [1.29, 1.82) is 0 Å². The van der Waals surface area contributed by atoms with E-state index >= 15 is 0 Å². The summed E-state index contributed by atoms with van der Waals surface area (Å²) in [6, 6.07) is 10.8. The number of alkyl halides is 3. The lowest BCUT2D eigenvalue weighted by Crippen LogP contribution is -2.21. The zero-order valence-electron chi connectivity index (χ0n) is 16.9. The third kappa shape index (κ3) is 7.32. The zero-order valence-corrected chi connectivity index (χ0v) is 16.9. The van der Waals surface area contributed by atoms with Crippen molar-refractivity contribution in [3.63, 3.8) is 0 Å². The van der Waals surface area contributed by atoms with Gasteiger partial charge in [0.25, 0.3) is 6.01 Å². The van der Waals surface area contributed by atoms with Gasteiger partial charge in [-0.15, -0.1) is 0 Å². The number of nitrogens with zero attached hydrogens (tertiary/aromatic N) is 3. The average Bonchev–Trinajstić information content (AvgIpc) is 3.16. The van der Waals surface area contributed by atoms with Crippen molar-refractivity contribution in [2.24, 2.45) is 0 Å². The summed E-state index contributed by atoms with van der Waals surface area (Å²) < 4.78 is 42.5. The molecule has 1 aromatic carbocycles. The Hall–Kier alpha value is -3.57. The van der Waals surface area contributed by atoms with Gasteiger partial charge >= 0.3 is 18.2 Å². The van der Waals surface area contributed by atoms with Gasteiger partial charge in [-0.1, -0.05) is 43.7 Å². The Morgan fingerprint density at radius 3 is 2.45 bits per heavy atom. The van der Waals surface area contributed by atoms with E-state index in [2.05, 4.69) is 44.3 Å². The molecular weight excluding hydrogens is 419 g/mol. The molecule has 168 valence electrons. The fourth-order valence-electron chi connectivity index (χ4n) is 2.23. The number of carboxylic acid groups (broad SMARTS) is 1. The zero-order chi connectivity index (χ0) is 22.9. The van der Waals surface area contributed by atoms with Crippen LogP contribution in [0.2, 0.25) is 0 Å². The molecule has 3 N–H and O–H groups in total. The summed E-state index contributed by atoms with van der Waals surface area (Å²) in [4.78, 5) is 25.1. The lowest BCUT2D eigenvalue weighted by Gasteiger charge is -2.09. The topological polar surface area (TPSA) is 122 Å². The number of imidazole rings is 1. The first-order valence-corrected chi connectivity index (χ1v) is 9.27. The summed E-state index contributed by atoms with van der Waals surface area (Å²) in [6.07, 6.45) is -3.07. The highest BCUT2D eigenvalue weighted by Crippen LogP contribution is 2.24. The number of ether oxygens (including phenoxy) is 2. The highest BCUT2D eigenvalue weighted by molar-refractivity contribution is 5.83. The van der Waals surface area contributed by atoms with Gasteiger partial charge in [0.15, 0.2) is 11.5 Å². The van der Waals surface area contributed by atoms with Crippen molar-refractivity contribution in [1.82, 2.24) is 19.9 Å². The second kappa shape index (κ2) is 11.0. The van der Waals surface area contributed by atoms with E-state index in [0.717, 1.165) is 18.4 Å². The predicted octanol–water partition coefficient (Wildman–Crippen LogP) is 3.79. The van der Waals surface area contributed by atoms with Crippen LogP contribution in [0, 0.1) is 0 Å². The number of anilines is 1. The van der Waals surface area contributed by atoms with Crippen molar-refractivity contribution < 1.29 is 32.5 Å². The molecule has 0 atom stereocenters. The van der Waals surface area contributed by atoms with Crippen molar-refractivity contribution in [2.45, 2.75) is 32.5 Å². The molecular formula is C19H22F3N5O4. The van der Waals surface area contributed by atoms with Gasteiger partial charge in [-0.05, 0) is 12.0 Å². The lowest BCUT2D eigenvalue weighted by atomic mass is 10.2. The molecule has 3 rings (SSSR count). The Morgan fingerprint density at radius 2 is 1.87 bits per heavy atom. The lowest BCUT2D eigenvalue weighted by molar-refractivity contribution is -0.192. The SMILES string of the molecule is CCCCOc1nc(NCc2ccccc2)c2[nH]c(OC)nc2n1.O=C(O)C(F)(F)F. The monoisotopic (exact) mass is 441 g/mol. The van der Waals surface area contributed by atoms with Gasteiger partial charge in [0.1, 0.15) is 5.52 Å². The van der Waals surface area contributed by atoms with Crippen LogP contribution in [0.15, 0.2) is 30.3 Å². The minimum absolute atomic E-state index is 0.320. The predicted molar refractivity (Wildman–Crippen MR) is 106 cm³/mol. The summed E-state index contributed by atoms with van der Waals surface area (Å²) in [7, 11) is 1.56. The van der Waals surface area contributed by atoms with Crippen LogP contribution < -0.4 is 14.8 Å². The molecule has 0 aliphatic carbocycles. The van der Waals surface area contributed by atoms with E-state index < -0.39 is 12.1 Å². The van der Waals surface area contributed by atoms with Crippen LogP contribution in [-0.2, 0) is 11.3 Å². The number of hydrogen-bond donors (Lipinski definition) is 3. The second-order valence-corrected chi connectivity index (χ2v) is 6.14. The van der Waals surface area contributed by atoms with E-state index in [1.165, 1.54) is 0 Å². The highest BCUT2D eigenvalue weighted by Gasteiger charge is 2.38. The number of rotatable bonds is 8. The van der Waals surface area contributed by atoms with E-state index in [1.54, 1.807) is 7.11 Å². The van der Waals surface area contributed by atoms with E-state index in [4.69, 9.17) is 19.4 Å². The Labute approximate surface area is 175 Å². The van der Waals surface area contributed by atoms with Gasteiger partial charge in [0.05, 0.1) is 13.7 Å². The summed E-state index contributed by atoms with van der Waals surface area (Å²) in [6.45, 7) is 3.34. The van der Waals surface area contributed by atoms with Gasteiger partial charge < -0.3 is 24.9 Å². The molecule has 0 saturated carbocycles. The number of H-pyrrole nitrogens is 1. The second-order valence-electron chi connectivity index (χ2n) is 6.14. The molecule has 0 aliphatic rings. The maximum atomic E-state index is 10.6. The van der Waals surface area contributed by atoms with Crippen LogP contribution in [0.3, 0.4) is 0 Å². The number of unbranched alkanes of at least 4 members (excludes halogenated alkanes) is 1. The molecule has 31 heavy (non-hydrogen) atoms. The number of carboxylic acids is 1. The van der Waals surface area contributed by atoms with Crippen LogP contribution in [0.1, 0.15) is 25.3 Å². The van der Waals surface area contributed by atoms with Gasteiger partial charge in [0.2, 0.25) is 0 Å². The first-order valence-electron chi connectivity index (χ1n) is 9.27. The molecule has 0 unspecified atom stereocenters. The van der Waals surface area contributed by atoms with Crippen LogP contribution >= 0.6 is 0 Å². The van der Waals surface area contributed by atoms with Gasteiger partial charge in [-0.3, -0.25) is 0 Å². The third-order valence-electron chi connectivity index (χ3n) is 3.78. The molecule has 0 bridgehead atoms. The third-order valence-corrected chi connectivity index (χ3v) is 3.78. The molecule has 0 amide bonds. The van der Waals surface area contributed by atoms with Crippen LogP contribution in [0.4, 0.5) is 19.0 Å². The van der Waals surface area contributed by atoms with Crippen molar-refractivity contribution in [3.8, 4) is 12.0 Å². The minimum Gasteiger partial charge on any atom is -0.475 e. The van der Waals surface area contributed by atoms with E-state index in [-0.39, 0.29) is 0 Å².